The van der Waals surface area contributed by atoms with Crippen molar-refractivity contribution in [2.24, 2.45) is 0 Å². The summed E-state index contributed by atoms with van der Waals surface area (Å²) < 4.78 is 5.41. The minimum atomic E-state index is -0.176. The van der Waals surface area contributed by atoms with E-state index in [0.29, 0.717) is 11.4 Å². The Labute approximate surface area is 147 Å². The van der Waals surface area contributed by atoms with E-state index in [1.807, 2.05) is 49.4 Å². The van der Waals surface area contributed by atoms with Gasteiger partial charge in [-0.05, 0) is 37.5 Å². The van der Waals surface area contributed by atoms with Crippen LogP contribution in [0.5, 0.6) is 5.75 Å². The summed E-state index contributed by atoms with van der Waals surface area (Å²) >= 11 is 0. The molecule has 4 nitrogen and oxygen atoms in total. The molecule has 0 aliphatic heterocycles. The molecule has 0 saturated carbocycles. The van der Waals surface area contributed by atoms with E-state index >= 15 is 0 Å². The number of para-hydroxylation sites is 1. The Bertz CT molecular complexity index is 862. The lowest BCUT2D eigenvalue weighted by Gasteiger charge is -2.14. The molecule has 1 amide bonds. The van der Waals surface area contributed by atoms with Crippen molar-refractivity contribution >= 4 is 16.8 Å². The first-order valence-corrected chi connectivity index (χ1v) is 8.46. The van der Waals surface area contributed by atoms with Gasteiger partial charge < -0.3 is 10.1 Å². The number of benzene rings is 2. The van der Waals surface area contributed by atoms with Crippen molar-refractivity contribution in [2.75, 3.05) is 7.11 Å². The van der Waals surface area contributed by atoms with E-state index in [1.54, 1.807) is 13.2 Å². The lowest BCUT2D eigenvalue weighted by molar-refractivity contribution is 0.0933. The van der Waals surface area contributed by atoms with Gasteiger partial charge in [0.25, 0.3) is 5.91 Å². The summed E-state index contributed by atoms with van der Waals surface area (Å²) in [6.07, 6.45) is 1.80. The molecule has 128 valence electrons. The van der Waals surface area contributed by atoms with Gasteiger partial charge in [-0.25, -0.2) is 4.98 Å². The van der Waals surface area contributed by atoms with E-state index in [-0.39, 0.29) is 11.9 Å². The molecule has 1 N–H and O–H groups in total. The fraction of sp³-hybridized carbons (Fsp3) is 0.238. The Morgan fingerprint density at radius 1 is 1.12 bits per heavy atom. The Morgan fingerprint density at radius 3 is 2.60 bits per heavy atom. The molecule has 0 saturated heterocycles. The van der Waals surface area contributed by atoms with Crippen LogP contribution in [0.4, 0.5) is 0 Å². The number of aryl methyl sites for hydroxylation is 1. The van der Waals surface area contributed by atoms with Crippen LogP contribution in [0.2, 0.25) is 0 Å². The van der Waals surface area contributed by atoms with Crippen LogP contribution in [0, 0.1) is 0 Å². The van der Waals surface area contributed by atoms with Crippen molar-refractivity contribution in [3.63, 3.8) is 0 Å². The maximum Gasteiger partial charge on any atom is 0.270 e. The molecule has 1 atom stereocenters. The first-order valence-electron chi connectivity index (χ1n) is 8.46. The van der Waals surface area contributed by atoms with E-state index in [9.17, 15) is 4.79 Å². The van der Waals surface area contributed by atoms with Crippen LogP contribution in [-0.2, 0) is 6.42 Å². The second kappa shape index (κ2) is 7.79. The smallest absolute Gasteiger partial charge is 0.270 e. The molecule has 1 unspecified atom stereocenters. The van der Waals surface area contributed by atoms with Gasteiger partial charge in [0, 0.05) is 17.5 Å². The number of carbonyl (C=O) groups is 1. The highest BCUT2D eigenvalue weighted by Gasteiger charge is 2.14. The van der Waals surface area contributed by atoms with E-state index in [1.165, 1.54) is 5.56 Å². The predicted molar refractivity (Wildman–Crippen MR) is 100.0 cm³/mol. The number of ether oxygens (including phenoxy) is 1. The number of aromatic nitrogens is 1. The molecular formula is C21H22N2O2. The molecule has 3 rings (SSSR count). The summed E-state index contributed by atoms with van der Waals surface area (Å²) in [6.45, 7) is 2.01. The molecule has 1 heterocycles. The number of nitrogens with zero attached hydrogens (tertiary/aromatic N) is 1. The van der Waals surface area contributed by atoms with Crippen molar-refractivity contribution in [2.45, 2.75) is 25.8 Å². The maximum atomic E-state index is 12.5. The summed E-state index contributed by atoms with van der Waals surface area (Å²) in [7, 11) is 1.60. The highest BCUT2D eigenvalue weighted by molar-refractivity contribution is 5.97. The SMILES string of the molecule is COc1cc(C(=O)NC(C)CCc2ccccc2)nc2ccccc12. The van der Waals surface area contributed by atoms with Crippen molar-refractivity contribution in [3.8, 4) is 5.75 Å². The van der Waals surface area contributed by atoms with E-state index in [4.69, 9.17) is 4.74 Å². The van der Waals surface area contributed by atoms with Crippen molar-refractivity contribution in [1.82, 2.24) is 10.3 Å². The van der Waals surface area contributed by atoms with Crippen LogP contribution in [0.1, 0.15) is 29.4 Å². The minimum Gasteiger partial charge on any atom is -0.496 e. The molecule has 1 aromatic heterocycles. The third kappa shape index (κ3) is 4.15. The molecule has 25 heavy (non-hydrogen) atoms. The van der Waals surface area contributed by atoms with Gasteiger partial charge in [0.2, 0.25) is 0 Å². The third-order valence-corrected chi connectivity index (χ3v) is 4.22. The molecule has 0 fully saturated rings. The zero-order chi connectivity index (χ0) is 17.6. The van der Waals surface area contributed by atoms with Gasteiger partial charge in [-0.1, -0.05) is 42.5 Å². The fourth-order valence-electron chi connectivity index (χ4n) is 2.83. The average Bonchev–Trinajstić information content (AvgIpc) is 2.66. The van der Waals surface area contributed by atoms with E-state index < -0.39 is 0 Å². The molecule has 4 heteroatoms. The summed E-state index contributed by atoms with van der Waals surface area (Å²) in [4.78, 5) is 17.0. The highest BCUT2D eigenvalue weighted by atomic mass is 16.5. The van der Waals surface area contributed by atoms with Crippen molar-refractivity contribution in [1.29, 1.82) is 0 Å². The topological polar surface area (TPSA) is 51.2 Å². The Hall–Kier alpha value is -2.88. The summed E-state index contributed by atoms with van der Waals surface area (Å²) in [6, 6.07) is 19.7. The predicted octanol–water partition coefficient (Wildman–Crippen LogP) is 3.99. The molecule has 3 aromatic rings. The first kappa shape index (κ1) is 17.0. The van der Waals surface area contributed by atoms with Gasteiger partial charge >= 0.3 is 0 Å². The molecule has 0 bridgehead atoms. The second-order valence-corrected chi connectivity index (χ2v) is 6.13. The van der Waals surface area contributed by atoms with Crippen LogP contribution in [0.3, 0.4) is 0 Å². The highest BCUT2D eigenvalue weighted by Crippen LogP contribution is 2.25. The lowest BCUT2D eigenvalue weighted by atomic mass is 10.1. The number of nitrogens with one attached hydrogen (secondary N) is 1. The van der Waals surface area contributed by atoms with Crippen LogP contribution in [0.15, 0.2) is 60.7 Å². The number of hydrogen-bond donors (Lipinski definition) is 1. The Morgan fingerprint density at radius 2 is 1.84 bits per heavy atom. The monoisotopic (exact) mass is 334 g/mol. The van der Waals surface area contributed by atoms with E-state index in [0.717, 1.165) is 23.7 Å². The molecule has 2 aromatic carbocycles. The minimum absolute atomic E-state index is 0.0620. The van der Waals surface area contributed by atoms with Gasteiger partial charge in [-0.3, -0.25) is 4.79 Å². The number of rotatable bonds is 6. The van der Waals surface area contributed by atoms with Crippen molar-refractivity contribution < 1.29 is 9.53 Å². The van der Waals surface area contributed by atoms with Crippen LogP contribution >= 0.6 is 0 Å². The average molecular weight is 334 g/mol. The summed E-state index contributed by atoms with van der Waals surface area (Å²) in [5, 5.41) is 3.93. The summed E-state index contributed by atoms with van der Waals surface area (Å²) in [5.41, 5.74) is 2.40. The van der Waals surface area contributed by atoms with Crippen LogP contribution in [-0.4, -0.2) is 24.0 Å². The van der Waals surface area contributed by atoms with E-state index in [2.05, 4.69) is 22.4 Å². The number of pyridine rings is 1. The number of amides is 1. The Kier molecular flexibility index (Phi) is 5.29. The molecule has 0 aliphatic carbocycles. The second-order valence-electron chi connectivity index (χ2n) is 6.13. The van der Waals surface area contributed by atoms with Gasteiger partial charge in [0.15, 0.2) is 0 Å². The van der Waals surface area contributed by atoms with Gasteiger partial charge in [-0.15, -0.1) is 0 Å². The standard InChI is InChI=1S/C21H22N2O2/c1-15(12-13-16-8-4-3-5-9-16)22-21(24)19-14-20(25-2)17-10-6-7-11-18(17)23-19/h3-11,14-15H,12-13H2,1-2H3,(H,22,24). The molecule has 0 radical (unpaired) electrons. The number of hydrogen-bond acceptors (Lipinski definition) is 3. The maximum absolute atomic E-state index is 12.5. The largest absolute Gasteiger partial charge is 0.496 e. The third-order valence-electron chi connectivity index (χ3n) is 4.22. The molecule has 0 spiro atoms. The fourth-order valence-corrected chi connectivity index (χ4v) is 2.83. The summed E-state index contributed by atoms with van der Waals surface area (Å²) in [5.74, 6) is 0.484. The molecule has 0 aliphatic rings. The lowest BCUT2D eigenvalue weighted by Crippen LogP contribution is -2.33. The number of carbonyl (C=O) groups excluding carboxylic acids is 1. The van der Waals surface area contributed by atoms with Gasteiger partial charge in [0.1, 0.15) is 11.4 Å². The Balaban J connectivity index is 1.69. The first-order chi connectivity index (χ1) is 12.2. The zero-order valence-electron chi connectivity index (χ0n) is 14.5. The zero-order valence-corrected chi connectivity index (χ0v) is 14.5. The quantitative estimate of drug-likeness (QED) is 0.741. The van der Waals surface area contributed by atoms with Crippen LogP contribution in [0.25, 0.3) is 10.9 Å². The normalized spacial score (nSPS) is 11.9. The number of fused-ring (bicyclic) bond motifs is 1. The van der Waals surface area contributed by atoms with Crippen LogP contribution < -0.4 is 10.1 Å². The number of methoxy groups -OCH3 is 1. The molecular weight excluding hydrogens is 312 g/mol. The van der Waals surface area contributed by atoms with Gasteiger partial charge in [0.05, 0.1) is 12.6 Å². The van der Waals surface area contributed by atoms with Gasteiger partial charge in [-0.2, -0.15) is 0 Å². The van der Waals surface area contributed by atoms with Crippen molar-refractivity contribution in [3.05, 3.63) is 71.9 Å².